The fourth-order valence-corrected chi connectivity index (χ4v) is 4.26. The topological polar surface area (TPSA) is 68.1 Å². The molecule has 1 aliphatic heterocycles. The van der Waals surface area contributed by atoms with Crippen LogP contribution in [-0.2, 0) is 9.59 Å². The Kier molecular flexibility index (Phi) is 6.16. The predicted molar refractivity (Wildman–Crippen MR) is 110 cm³/mol. The second kappa shape index (κ2) is 8.39. The fourth-order valence-electron chi connectivity index (χ4n) is 2.91. The van der Waals surface area contributed by atoms with Crippen LogP contribution in [0, 0.1) is 6.92 Å². The lowest BCUT2D eigenvalue weighted by molar-refractivity contribution is -0.119. The Labute approximate surface area is 171 Å². The van der Waals surface area contributed by atoms with Crippen molar-refractivity contribution in [2.75, 3.05) is 5.01 Å². The molecule has 1 aromatic heterocycles. The molecule has 2 heterocycles. The van der Waals surface area contributed by atoms with E-state index in [1.54, 1.807) is 16.6 Å². The van der Waals surface area contributed by atoms with Crippen LogP contribution in [0.2, 0.25) is 0 Å². The number of hydrogen-bond acceptors (Lipinski definition) is 5. The van der Waals surface area contributed by atoms with Crippen molar-refractivity contribution >= 4 is 45.1 Å². The van der Waals surface area contributed by atoms with E-state index in [1.165, 1.54) is 11.8 Å². The van der Waals surface area contributed by atoms with Gasteiger partial charge in [-0.3, -0.25) is 9.59 Å². The normalized spacial score (nSPS) is 13.7. The zero-order valence-corrected chi connectivity index (χ0v) is 17.9. The third kappa shape index (κ3) is 3.87. The first kappa shape index (κ1) is 19.8. The van der Waals surface area contributed by atoms with Gasteiger partial charge in [0.05, 0.1) is 10.6 Å². The number of hydrogen-bond donors (Lipinski definition) is 0. The van der Waals surface area contributed by atoms with Gasteiger partial charge in [0.15, 0.2) is 11.6 Å². The molecule has 142 valence electrons. The molecule has 0 atom stereocenters. The van der Waals surface area contributed by atoms with Crippen molar-refractivity contribution in [1.29, 1.82) is 0 Å². The van der Waals surface area contributed by atoms with Crippen LogP contribution in [0.3, 0.4) is 0 Å². The van der Waals surface area contributed by atoms with E-state index >= 15 is 0 Å². The summed E-state index contributed by atoms with van der Waals surface area (Å²) >= 11 is 4.73. The second-order valence-electron chi connectivity index (χ2n) is 6.26. The van der Waals surface area contributed by atoms with Gasteiger partial charge in [-0.15, -0.1) is 10.2 Å². The Balaban J connectivity index is 2.24. The van der Waals surface area contributed by atoms with E-state index in [1.807, 2.05) is 38.1 Å². The molecule has 27 heavy (non-hydrogen) atoms. The number of rotatable bonds is 6. The van der Waals surface area contributed by atoms with Crippen LogP contribution in [0.1, 0.15) is 50.9 Å². The first-order chi connectivity index (χ1) is 13.0. The molecule has 0 spiro atoms. The van der Waals surface area contributed by atoms with Gasteiger partial charge in [-0.25, -0.2) is 9.69 Å². The molecule has 0 bridgehead atoms. The van der Waals surface area contributed by atoms with Crippen LogP contribution in [0.4, 0.5) is 0 Å². The maximum Gasteiger partial charge on any atom is 0.246 e. The summed E-state index contributed by atoms with van der Waals surface area (Å²) in [5.41, 5.74) is 1.42. The van der Waals surface area contributed by atoms with E-state index in [0.29, 0.717) is 40.8 Å². The van der Waals surface area contributed by atoms with Gasteiger partial charge in [0.2, 0.25) is 11.1 Å². The van der Waals surface area contributed by atoms with Gasteiger partial charge in [0.1, 0.15) is 0 Å². The fraction of sp³-hybridized carbons (Fsp3) is 0.368. The molecule has 0 saturated carbocycles. The van der Waals surface area contributed by atoms with Crippen LogP contribution in [0.25, 0.3) is 5.70 Å². The SMILES string of the molecule is CCCC(=O)C1=C(c2ccc(Br)cc2)N(C(=O)CCC)n2c(C)nnc2S1. The smallest absolute Gasteiger partial charge is 0.246 e. The minimum Gasteiger partial charge on any atom is -0.294 e. The van der Waals surface area contributed by atoms with Crippen molar-refractivity contribution in [3.05, 3.63) is 45.0 Å². The highest BCUT2D eigenvalue weighted by Crippen LogP contribution is 2.40. The molecule has 0 unspecified atom stereocenters. The lowest BCUT2D eigenvalue weighted by Gasteiger charge is -2.33. The summed E-state index contributed by atoms with van der Waals surface area (Å²) in [6.45, 7) is 5.74. The molecule has 0 saturated heterocycles. The molecule has 6 nitrogen and oxygen atoms in total. The van der Waals surface area contributed by atoms with Gasteiger partial charge in [-0.1, -0.05) is 41.9 Å². The van der Waals surface area contributed by atoms with Gasteiger partial charge >= 0.3 is 0 Å². The van der Waals surface area contributed by atoms with Crippen LogP contribution < -0.4 is 5.01 Å². The molecule has 3 rings (SSSR count). The number of benzene rings is 1. The van der Waals surface area contributed by atoms with Crippen LogP contribution in [-0.4, -0.2) is 26.6 Å². The number of fused-ring (bicyclic) bond motifs is 1. The highest BCUT2D eigenvalue weighted by Gasteiger charge is 2.35. The standard InChI is InChI=1S/C19H21BrN4O2S/c1-4-6-15(25)18-17(13-8-10-14(20)11-9-13)24(16(26)7-5-2)23-12(3)21-22-19(23)27-18/h8-11H,4-7H2,1-3H3. The van der Waals surface area contributed by atoms with E-state index in [4.69, 9.17) is 0 Å². The molecule has 0 radical (unpaired) electrons. The van der Waals surface area contributed by atoms with Crippen molar-refractivity contribution in [2.24, 2.45) is 0 Å². The Bertz CT molecular complexity index is 905. The number of ketones is 1. The molecule has 8 heteroatoms. The minimum atomic E-state index is -0.0818. The molecule has 1 amide bonds. The van der Waals surface area contributed by atoms with Crippen molar-refractivity contribution < 1.29 is 9.59 Å². The van der Waals surface area contributed by atoms with E-state index in [-0.39, 0.29) is 11.7 Å². The number of amides is 1. The number of carbonyl (C=O) groups is 2. The molecule has 1 aromatic carbocycles. The molecule has 0 N–H and O–H groups in total. The summed E-state index contributed by atoms with van der Waals surface area (Å²) in [5.74, 6) is 0.543. The van der Waals surface area contributed by atoms with Crippen LogP contribution in [0.5, 0.6) is 0 Å². The van der Waals surface area contributed by atoms with E-state index in [0.717, 1.165) is 16.5 Å². The third-order valence-corrected chi connectivity index (χ3v) is 5.73. The van der Waals surface area contributed by atoms with E-state index in [9.17, 15) is 9.59 Å². The number of allylic oxidation sites excluding steroid dienone is 1. The van der Waals surface area contributed by atoms with Crippen molar-refractivity contribution in [3.63, 3.8) is 0 Å². The molecular weight excluding hydrogens is 428 g/mol. The Hall–Kier alpha value is -1.93. The lowest BCUT2D eigenvalue weighted by atomic mass is 10.1. The van der Waals surface area contributed by atoms with Gasteiger partial charge in [0.25, 0.3) is 0 Å². The highest BCUT2D eigenvalue weighted by atomic mass is 79.9. The first-order valence-corrected chi connectivity index (χ1v) is 10.5. The molecule has 0 aliphatic carbocycles. The Morgan fingerprint density at radius 2 is 1.74 bits per heavy atom. The quantitative estimate of drug-likeness (QED) is 0.652. The maximum absolute atomic E-state index is 13.1. The Morgan fingerprint density at radius 3 is 2.37 bits per heavy atom. The number of thioether (sulfide) groups is 1. The van der Waals surface area contributed by atoms with Crippen molar-refractivity contribution in [3.8, 4) is 0 Å². The van der Waals surface area contributed by atoms with E-state index in [2.05, 4.69) is 26.1 Å². The van der Waals surface area contributed by atoms with Gasteiger partial charge in [-0.05, 0) is 43.7 Å². The van der Waals surface area contributed by atoms with Gasteiger partial charge < -0.3 is 0 Å². The number of halogens is 1. The largest absolute Gasteiger partial charge is 0.294 e. The van der Waals surface area contributed by atoms with Crippen LogP contribution in [0.15, 0.2) is 38.8 Å². The Morgan fingerprint density at radius 1 is 1.07 bits per heavy atom. The summed E-state index contributed by atoms with van der Waals surface area (Å²) in [7, 11) is 0. The summed E-state index contributed by atoms with van der Waals surface area (Å²) in [6.07, 6.45) is 2.25. The summed E-state index contributed by atoms with van der Waals surface area (Å²) < 4.78 is 2.65. The minimum absolute atomic E-state index is 0.0154. The third-order valence-electron chi connectivity index (χ3n) is 4.14. The average Bonchev–Trinajstić information content (AvgIpc) is 3.02. The summed E-state index contributed by atoms with van der Waals surface area (Å²) in [5, 5.41) is 10.4. The number of nitrogens with zero attached hydrogens (tertiary/aromatic N) is 4. The average molecular weight is 449 g/mol. The van der Waals surface area contributed by atoms with Gasteiger partial charge in [-0.2, -0.15) is 0 Å². The van der Waals surface area contributed by atoms with Gasteiger partial charge in [0, 0.05) is 22.9 Å². The predicted octanol–water partition coefficient (Wildman–Crippen LogP) is 4.46. The molecule has 0 fully saturated rings. The van der Waals surface area contributed by atoms with Crippen LogP contribution >= 0.6 is 27.7 Å². The monoisotopic (exact) mass is 448 g/mol. The molecular formula is C19H21BrN4O2S. The number of carbonyl (C=O) groups excluding carboxylic acids is 2. The maximum atomic E-state index is 13.1. The summed E-state index contributed by atoms with van der Waals surface area (Å²) in [4.78, 5) is 26.5. The zero-order chi connectivity index (χ0) is 19.6. The second-order valence-corrected chi connectivity index (χ2v) is 8.15. The summed E-state index contributed by atoms with van der Waals surface area (Å²) in [6, 6.07) is 7.64. The number of Topliss-reactive ketones (excluding diaryl/α,β-unsaturated/α-hetero) is 1. The van der Waals surface area contributed by atoms with Crippen molar-refractivity contribution in [2.45, 2.75) is 51.6 Å². The first-order valence-electron chi connectivity index (χ1n) is 8.94. The molecule has 2 aromatic rings. The zero-order valence-electron chi connectivity index (χ0n) is 15.5. The molecule has 1 aliphatic rings. The van der Waals surface area contributed by atoms with Crippen molar-refractivity contribution in [1.82, 2.24) is 14.9 Å². The highest BCUT2D eigenvalue weighted by molar-refractivity contribution is 9.10. The number of aromatic nitrogens is 3. The van der Waals surface area contributed by atoms with E-state index < -0.39 is 0 Å². The lowest BCUT2D eigenvalue weighted by Crippen LogP contribution is -2.42. The number of aryl methyl sites for hydroxylation is 1.